The second-order valence-electron chi connectivity index (χ2n) is 27.9. The second-order valence-corrected chi connectivity index (χ2v) is 27.9. The smallest absolute Gasteiger partial charge is 0.707 e. The Labute approximate surface area is 800 Å². The van der Waals surface area contributed by atoms with Gasteiger partial charge in [-0.2, -0.15) is 23.0 Å². The maximum atomic E-state index is 6.69. The first-order valence-corrected chi connectivity index (χ1v) is 40.4. The second kappa shape index (κ2) is 48.7. The predicted octanol–water partition coefficient (Wildman–Crippen LogP) is 26.9. The van der Waals surface area contributed by atoms with Crippen molar-refractivity contribution >= 4 is 0 Å². The van der Waals surface area contributed by atoms with Gasteiger partial charge in [0.05, 0.1) is 0 Å². The molecule has 14 aromatic carbocycles. The molecule has 626 valence electrons. The first kappa shape index (κ1) is 92.7. The monoisotopic (exact) mass is 2210 g/mol. The Bertz CT molecular complexity index is 6690. The molecule has 0 amide bonds. The summed E-state index contributed by atoms with van der Waals surface area (Å²) in [5.74, 6) is 10.7. The number of aromatic nitrogens is 8. The molecule has 0 aliphatic heterocycles. The Morgan fingerprint density at radius 1 is 0.264 bits per heavy atom. The van der Waals surface area contributed by atoms with Gasteiger partial charge in [-0.05, 0) is 90.8 Å². The molecular formula is C115H75Au3N8O3. The zero-order valence-corrected chi connectivity index (χ0v) is 75.5. The normalized spacial score (nSPS) is 9.96. The van der Waals surface area contributed by atoms with Crippen LogP contribution in [-0.2, 0) is 67.1 Å². The number of benzene rings is 14. The Morgan fingerprint density at radius 3 is 0.946 bits per heavy atom. The van der Waals surface area contributed by atoms with Gasteiger partial charge in [-0.1, -0.05) is 327 Å². The molecule has 0 bridgehead atoms. The molecule has 0 aliphatic carbocycles. The number of hydrogen-bond acceptors (Lipinski definition) is 8. The minimum atomic E-state index is 0. The fourth-order valence-electron chi connectivity index (χ4n) is 13.2. The van der Waals surface area contributed by atoms with Crippen LogP contribution in [0.4, 0.5) is 0 Å². The van der Waals surface area contributed by atoms with Crippen LogP contribution < -0.4 is 29.3 Å². The Morgan fingerprint density at radius 2 is 0.574 bits per heavy atom. The first-order valence-electron chi connectivity index (χ1n) is 40.4. The average molecular weight is 2210 g/mol. The number of pyridine rings is 3. The third-order valence-corrected chi connectivity index (χ3v) is 19.4. The van der Waals surface area contributed by atoms with Crippen molar-refractivity contribution in [2.24, 2.45) is 0 Å². The van der Waals surface area contributed by atoms with Gasteiger partial charge in [0, 0.05) is 59.7 Å². The summed E-state index contributed by atoms with van der Waals surface area (Å²) in [6.07, 6.45) is 27.1. The third-order valence-electron chi connectivity index (χ3n) is 19.4. The largest absolute Gasteiger partial charge is 3.00 e. The Balaban J connectivity index is 0.000000153. The zero-order valence-electron chi connectivity index (χ0n) is 69.0. The molecule has 0 spiro atoms. The molecule has 20 aromatic rings. The molecule has 0 unspecified atom stereocenters. The SMILES string of the molecule is [Au+3].[Au+3].[Au+3].[C-]#Cc1ccccc1.[C-]#Cc1ccccc1.[C-]#Cc1ccccc1.[c-]1c(Oc2ccccn2)cccc1-c1[n-]nc(-c2ccc(-c3ccccc3)cc2)c1-c1ccccc1.[c-]1c(Oc2ccccn2)cccc1-c1cc(-c2ccc(-c3ccccc3)cc2)c[n-]1.[c-]1c(Oc2ccccn2)cccc1-c1nc(-c2ccc(-c3ccccc3)cc2)c(-c2ccccc2)[n-]1. The van der Waals surface area contributed by atoms with Crippen LogP contribution in [0, 0.1) is 55.2 Å². The van der Waals surface area contributed by atoms with E-state index < -0.39 is 0 Å². The molecule has 6 heterocycles. The molecule has 129 heavy (non-hydrogen) atoms. The van der Waals surface area contributed by atoms with Crippen molar-refractivity contribution in [1.82, 2.24) is 40.1 Å². The molecule has 0 radical (unpaired) electrons. The van der Waals surface area contributed by atoms with Crippen molar-refractivity contribution in [1.29, 1.82) is 0 Å². The summed E-state index contributed by atoms with van der Waals surface area (Å²) < 4.78 is 17.6. The van der Waals surface area contributed by atoms with Gasteiger partial charge < -0.3 is 58.6 Å². The van der Waals surface area contributed by atoms with E-state index in [2.05, 4.69) is 218 Å². The number of nitrogens with zero attached hydrogens (tertiary/aromatic N) is 8. The molecule has 0 atom stereocenters. The molecule has 11 nitrogen and oxygen atoms in total. The van der Waals surface area contributed by atoms with Crippen molar-refractivity contribution in [3.8, 4) is 176 Å². The van der Waals surface area contributed by atoms with E-state index in [1.165, 1.54) is 22.3 Å². The number of ether oxygens (including phenoxy) is 3. The van der Waals surface area contributed by atoms with Gasteiger partial charge in [0.15, 0.2) is 0 Å². The van der Waals surface area contributed by atoms with E-state index in [9.17, 15) is 0 Å². The van der Waals surface area contributed by atoms with Gasteiger partial charge in [-0.3, -0.25) is 17.8 Å². The van der Waals surface area contributed by atoms with Crippen LogP contribution in [0.15, 0.2) is 455 Å². The fraction of sp³-hybridized carbons (Fsp3) is 0. The summed E-state index contributed by atoms with van der Waals surface area (Å²) >= 11 is 0. The van der Waals surface area contributed by atoms with Crippen molar-refractivity contribution in [3.05, 3.63) is 510 Å². The quantitative estimate of drug-likeness (QED) is 0.0490. The maximum Gasteiger partial charge on any atom is 3.00 e. The zero-order chi connectivity index (χ0) is 86.0. The minimum absolute atomic E-state index is 0. The minimum Gasteiger partial charge on any atom is -0.707 e. The summed E-state index contributed by atoms with van der Waals surface area (Å²) in [5, 5.41) is 9.25. The van der Waals surface area contributed by atoms with E-state index in [-0.39, 0.29) is 67.1 Å². The molecular weight excluding hydrogens is 2130 g/mol. The maximum absolute atomic E-state index is 6.69. The van der Waals surface area contributed by atoms with Crippen molar-refractivity contribution < 1.29 is 81.4 Å². The fourth-order valence-corrected chi connectivity index (χ4v) is 13.2. The summed E-state index contributed by atoms with van der Waals surface area (Å²) in [6, 6.07) is 151. The van der Waals surface area contributed by atoms with Gasteiger partial charge in [0.2, 0.25) is 17.6 Å². The van der Waals surface area contributed by atoms with Crippen LogP contribution in [0.3, 0.4) is 0 Å². The predicted molar refractivity (Wildman–Crippen MR) is 502 cm³/mol. The van der Waals surface area contributed by atoms with Crippen LogP contribution in [0.25, 0.3) is 123 Å². The van der Waals surface area contributed by atoms with Crippen molar-refractivity contribution in [2.75, 3.05) is 0 Å². The van der Waals surface area contributed by atoms with Crippen molar-refractivity contribution in [2.45, 2.75) is 0 Å². The summed E-state index contributed by atoms with van der Waals surface area (Å²) in [7, 11) is 0. The molecule has 0 fully saturated rings. The standard InChI is InChI=1S/2C32H21N3O.C27H18N2O.3C8H5.3Au/c1-3-10-23(11-4-1)24-17-19-26(20-18-24)31-30(25-12-5-2-6-13-25)34-32(35-31)27-14-9-15-28(22-27)36-29-16-7-8-21-33-29;1-3-10-23(11-4-1)24-17-19-26(20-18-24)31-30(25-12-5-2-6-13-25)32(35-34-31)27-14-9-15-28(22-27)36-29-16-7-8-21-33-29;1-2-7-20(8-3-1)21-12-14-22(15-13-21)24-18-26(29-19-24)23-9-6-10-25(17-23)30-27-11-4-5-16-28-27;3*1-2-8-6-4-3-5-7-8;;;/h2*1-21H;1-16,18-19H;3*3-7H;;;/q3*-2;3*-1;3*+3. The van der Waals surface area contributed by atoms with Gasteiger partial charge in [0.1, 0.15) is 0 Å². The van der Waals surface area contributed by atoms with Crippen LogP contribution in [0.2, 0.25) is 0 Å². The van der Waals surface area contributed by atoms with E-state index >= 15 is 0 Å². The summed E-state index contributed by atoms with van der Waals surface area (Å²) in [6.45, 7) is 0. The van der Waals surface area contributed by atoms with Gasteiger partial charge in [0.25, 0.3) is 0 Å². The first-order chi connectivity index (χ1) is 62.3. The number of hydrogen-bond donors (Lipinski definition) is 0. The molecule has 0 saturated heterocycles. The van der Waals surface area contributed by atoms with Crippen LogP contribution in [0.5, 0.6) is 34.9 Å². The summed E-state index contributed by atoms with van der Waals surface area (Å²) in [4.78, 5) is 27.2. The van der Waals surface area contributed by atoms with E-state index in [1.807, 2.05) is 285 Å². The van der Waals surface area contributed by atoms with E-state index in [4.69, 9.17) is 43.4 Å². The van der Waals surface area contributed by atoms with E-state index in [0.29, 0.717) is 40.7 Å². The number of rotatable bonds is 17. The molecule has 6 aromatic heterocycles. The molecule has 14 heteroatoms. The van der Waals surface area contributed by atoms with Crippen molar-refractivity contribution in [3.63, 3.8) is 0 Å². The molecule has 0 saturated carbocycles. The van der Waals surface area contributed by atoms with E-state index in [1.54, 1.807) is 18.6 Å². The van der Waals surface area contributed by atoms with E-state index in [0.717, 1.165) is 112 Å². The number of imidazole rings is 1. The summed E-state index contributed by atoms with van der Waals surface area (Å²) in [5.41, 5.74) is 23.4. The van der Waals surface area contributed by atoms with Crippen LogP contribution >= 0.6 is 0 Å². The van der Waals surface area contributed by atoms with Gasteiger partial charge in [-0.25, -0.2) is 20.6 Å². The van der Waals surface area contributed by atoms with Gasteiger partial charge >= 0.3 is 67.1 Å². The molecule has 20 rings (SSSR count). The topological polar surface area (TPSA) is 134 Å². The van der Waals surface area contributed by atoms with Crippen LogP contribution in [-0.4, -0.2) is 25.0 Å². The molecule has 0 N–H and O–H groups in total. The Hall–Kier alpha value is -15.5. The van der Waals surface area contributed by atoms with Gasteiger partial charge in [-0.15, -0.1) is 125 Å². The third kappa shape index (κ3) is 26.3. The Kier molecular flexibility index (Phi) is 35.0. The molecule has 0 aliphatic rings. The van der Waals surface area contributed by atoms with Crippen LogP contribution in [0.1, 0.15) is 16.7 Å². The average Bonchev–Trinajstić information content (AvgIpc) is 1.64.